The molecule has 2 unspecified atom stereocenters. The lowest BCUT2D eigenvalue weighted by atomic mass is 10.1. The van der Waals surface area contributed by atoms with Gasteiger partial charge in [0.15, 0.2) is 0 Å². The molecule has 0 spiro atoms. The molecule has 1 saturated carbocycles. The average Bonchev–Trinajstić information content (AvgIpc) is 2.91. The molecule has 0 aromatic carbocycles. The van der Waals surface area contributed by atoms with Crippen LogP contribution in [-0.4, -0.2) is 25.3 Å². The SMILES string of the molecule is CCC(NCCC1CCCO1)C1CC1. The topological polar surface area (TPSA) is 21.3 Å². The summed E-state index contributed by atoms with van der Waals surface area (Å²) in [5.74, 6) is 0.990. The van der Waals surface area contributed by atoms with Crippen LogP contribution in [-0.2, 0) is 4.74 Å². The van der Waals surface area contributed by atoms with Gasteiger partial charge in [-0.3, -0.25) is 0 Å². The van der Waals surface area contributed by atoms with Gasteiger partial charge in [0.05, 0.1) is 6.10 Å². The van der Waals surface area contributed by atoms with Gasteiger partial charge >= 0.3 is 0 Å². The Bertz CT molecular complexity index is 162. The first-order valence-corrected chi connectivity index (χ1v) is 6.25. The molecule has 82 valence electrons. The fraction of sp³-hybridized carbons (Fsp3) is 1.00. The van der Waals surface area contributed by atoms with E-state index in [-0.39, 0.29) is 0 Å². The van der Waals surface area contributed by atoms with Crippen LogP contribution in [0.25, 0.3) is 0 Å². The highest BCUT2D eigenvalue weighted by Gasteiger charge is 2.29. The van der Waals surface area contributed by atoms with Crippen molar-refractivity contribution in [1.82, 2.24) is 5.32 Å². The summed E-state index contributed by atoms with van der Waals surface area (Å²) >= 11 is 0. The monoisotopic (exact) mass is 197 g/mol. The fourth-order valence-electron chi connectivity index (χ4n) is 2.44. The lowest BCUT2D eigenvalue weighted by Gasteiger charge is -2.17. The Morgan fingerprint density at radius 3 is 2.79 bits per heavy atom. The molecule has 2 fully saturated rings. The summed E-state index contributed by atoms with van der Waals surface area (Å²) in [4.78, 5) is 0. The third kappa shape index (κ3) is 2.96. The van der Waals surface area contributed by atoms with Crippen LogP contribution >= 0.6 is 0 Å². The van der Waals surface area contributed by atoms with Crippen molar-refractivity contribution < 1.29 is 4.74 Å². The van der Waals surface area contributed by atoms with E-state index in [9.17, 15) is 0 Å². The van der Waals surface area contributed by atoms with Crippen LogP contribution in [0.3, 0.4) is 0 Å². The fourth-order valence-corrected chi connectivity index (χ4v) is 2.44. The highest BCUT2D eigenvalue weighted by Crippen LogP contribution is 2.33. The maximum Gasteiger partial charge on any atom is 0.0588 e. The Balaban J connectivity index is 1.56. The second-order valence-corrected chi connectivity index (χ2v) is 4.73. The van der Waals surface area contributed by atoms with Gasteiger partial charge in [0, 0.05) is 12.6 Å². The third-order valence-corrected chi connectivity index (χ3v) is 3.53. The van der Waals surface area contributed by atoms with Crippen LogP contribution in [0.5, 0.6) is 0 Å². The van der Waals surface area contributed by atoms with Crippen molar-refractivity contribution in [2.45, 2.75) is 57.6 Å². The molecular weight excluding hydrogens is 174 g/mol. The Labute approximate surface area is 87.4 Å². The molecule has 0 amide bonds. The van der Waals surface area contributed by atoms with Gasteiger partial charge in [-0.2, -0.15) is 0 Å². The van der Waals surface area contributed by atoms with Crippen molar-refractivity contribution in [1.29, 1.82) is 0 Å². The van der Waals surface area contributed by atoms with E-state index in [1.165, 1.54) is 38.5 Å². The molecule has 0 radical (unpaired) electrons. The average molecular weight is 197 g/mol. The number of rotatable bonds is 6. The summed E-state index contributed by atoms with van der Waals surface area (Å²) < 4.78 is 5.60. The first kappa shape index (κ1) is 10.4. The minimum atomic E-state index is 0.555. The predicted octanol–water partition coefficient (Wildman–Crippen LogP) is 2.33. The van der Waals surface area contributed by atoms with E-state index in [1.807, 2.05) is 0 Å². The molecule has 1 heterocycles. The highest BCUT2D eigenvalue weighted by molar-refractivity contribution is 4.85. The standard InChI is InChI=1S/C12H23NO/c1-2-12(10-5-6-10)13-8-7-11-4-3-9-14-11/h10-13H,2-9H2,1H3. The summed E-state index contributed by atoms with van der Waals surface area (Å²) in [5, 5.41) is 3.68. The van der Waals surface area contributed by atoms with Gasteiger partial charge in [-0.1, -0.05) is 6.92 Å². The Kier molecular flexibility index (Phi) is 3.82. The lowest BCUT2D eigenvalue weighted by Crippen LogP contribution is -2.32. The minimum Gasteiger partial charge on any atom is -0.378 e. The molecule has 2 heteroatoms. The smallest absolute Gasteiger partial charge is 0.0588 e. The zero-order valence-electron chi connectivity index (χ0n) is 9.30. The molecule has 2 aliphatic rings. The molecule has 2 rings (SSSR count). The quantitative estimate of drug-likeness (QED) is 0.705. The molecule has 0 aromatic heterocycles. The van der Waals surface area contributed by atoms with Gasteiger partial charge in [0.25, 0.3) is 0 Å². The summed E-state index contributed by atoms with van der Waals surface area (Å²) in [5.41, 5.74) is 0. The number of hydrogen-bond donors (Lipinski definition) is 1. The van der Waals surface area contributed by atoms with Crippen LogP contribution in [0.15, 0.2) is 0 Å². The van der Waals surface area contributed by atoms with Crippen LogP contribution in [0.4, 0.5) is 0 Å². The van der Waals surface area contributed by atoms with Crippen molar-refractivity contribution in [3.05, 3.63) is 0 Å². The van der Waals surface area contributed by atoms with Crippen LogP contribution in [0, 0.1) is 5.92 Å². The summed E-state index contributed by atoms with van der Waals surface area (Å²) in [6.07, 6.45) is 8.50. The first-order chi connectivity index (χ1) is 6.90. The van der Waals surface area contributed by atoms with Crippen LogP contribution < -0.4 is 5.32 Å². The van der Waals surface area contributed by atoms with E-state index in [1.54, 1.807) is 0 Å². The molecule has 1 aliphatic carbocycles. The van der Waals surface area contributed by atoms with Crippen molar-refractivity contribution in [2.24, 2.45) is 5.92 Å². The van der Waals surface area contributed by atoms with Crippen molar-refractivity contribution in [3.63, 3.8) is 0 Å². The van der Waals surface area contributed by atoms with Gasteiger partial charge in [0.2, 0.25) is 0 Å². The van der Waals surface area contributed by atoms with Crippen molar-refractivity contribution >= 4 is 0 Å². The Morgan fingerprint density at radius 1 is 1.36 bits per heavy atom. The van der Waals surface area contributed by atoms with Gasteiger partial charge in [0.1, 0.15) is 0 Å². The van der Waals surface area contributed by atoms with Gasteiger partial charge < -0.3 is 10.1 Å². The van der Waals surface area contributed by atoms with E-state index in [2.05, 4.69) is 12.2 Å². The van der Waals surface area contributed by atoms with Crippen LogP contribution in [0.2, 0.25) is 0 Å². The second kappa shape index (κ2) is 5.13. The zero-order chi connectivity index (χ0) is 9.80. The van der Waals surface area contributed by atoms with E-state index in [4.69, 9.17) is 4.74 Å². The molecular formula is C12H23NO. The zero-order valence-corrected chi connectivity index (χ0v) is 9.30. The second-order valence-electron chi connectivity index (χ2n) is 4.73. The number of hydrogen-bond acceptors (Lipinski definition) is 2. The minimum absolute atomic E-state index is 0.555. The third-order valence-electron chi connectivity index (χ3n) is 3.53. The normalized spacial score (nSPS) is 29.4. The van der Waals surface area contributed by atoms with Crippen molar-refractivity contribution in [2.75, 3.05) is 13.2 Å². The Morgan fingerprint density at radius 2 is 2.21 bits per heavy atom. The molecule has 1 saturated heterocycles. The van der Waals surface area contributed by atoms with E-state index in [0.717, 1.165) is 25.1 Å². The lowest BCUT2D eigenvalue weighted by molar-refractivity contribution is 0.103. The molecule has 0 aromatic rings. The molecule has 1 aliphatic heterocycles. The Hall–Kier alpha value is -0.0800. The van der Waals surface area contributed by atoms with Crippen molar-refractivity contribution in [3.8, 4) is 0 Å². The predicted molar refractivity (Wildman–Crippen MR) is 58.4 cm³/mol. The van der Waals surface area contributed by atoms with E-state index < -0.39 is 0 Å². The maximum atomic E-state index is 5.60. The summed E-state index contributed by atoms with van der Waals surface area (Å²) in [6, 6.07) is 0.788. The number of ether oxygens (including phenoxy) is 1. The molecule has 2 atom stereocenters. The van der Waals surface area contributed by atoms with Gasteiger partial charge in [-0.15, -0.1) is 0 Å². The maximum absolute atomic E-state index is 5.60. The summed E-state index contributed by atoms with van der Waals surface area (Å²) in [6.45, 7) is 4.44. The first-order valence-electron chi connectivity index (χ1n) is 6.25. The molecule has 0 bridgehead atoms. The largest absolute Gasteiger partial charge is 0.378 e. The van der Waals surface area contributed by atoms with E-state index >= 15 is 0 Å². The summed E-state index contributed by atoms with van der Waals surface area (Å²) in [7, 11) is 0. The molecule has 1 N–H and O–H groups in total. The van der Waals surface area contributed by atoms with Crippen LogP contribution in [0.1, 0.15) is 45.4 Å². The highest BCUT2D eigenvalue weighted by atomic mass is 16.5. The van der Waals surface area contributed by atoms with Gasteiger partial charge in [-0.05, 0) is 51.0 Å². The van der Waals surface area contributed by atoms with E-state index in [0.29, 0.717) is 6.10 Å². The number of nitrogens with one attached hydrogen (secondary N) is 1. The molecule has 14 heavy (non-hydrogen) atoms. The molecule has 2 nitrogen and oxygen atoms in total. The van der Waals surface area contributed by atoms with Gasteiger partial charge in [-0.25, -0.2) is 0 Å².